The molecule has 4 N–H and O–H groups in total. The Kier molecular flexibility index (Phi) is 10.9. The summed E-state index contributed by atoms with van der Waals surface area (Å²) in [5, 5.41) is 5.68. The number of aromatic nitrogens is 5. The number of pyridine rings is 1. The van der Waals surface area contributed by atoms with E-state index < -0.39 is 12.1 Å². The number of amides is 4. The van der Waals surface area contributed by atoms with Gasteiger partial charge in [0.05, 0.1) is 41.6 Å². The summed E-state index contributed by atoms with van der Waals surface area (Å²) >= 11 is 0. The third-order valence-electron chi connectivity index (χ3n) is 10.9. The molecule has 2 saturated heterocycles. The van der Waals surface area contributed by atoms with E-state index in [-0.39, 0.29) is 35.7 Å². The summed E-state index contributed by atoms with van der Waals surface area (Å²) in [5.41, 5.74) is 6.70. The standard InChI is InChI=1S/C45H45N9O4/c1-28(55)49-40(32-11-5-3-6-12-32)44(57)53-23-9-15-38(53)42-47-26-36(51-42)31-19-17-30(18-20-31)35-22-21-34(25-46-35)37-27-48-43(52-37)39-16-10-24-54(39)45(58)41(50-29(2)56)33-13-7-4-8-14-33/h3-8,11-14,17-22,25-27,38-41H,9-10,15-16,23-24H2,1-2H3,(H,47,51)(H,48,52)(H,49,55)(H,50,56)/t38-,39-,40?,41+/m0/s1. The number of likely N-dealkylation sites (tertiary alicyclic amines) is 2. The SMILES string of the molecule is CC(=O)NC(C(=O)N1CCC[C@H]1c1ncc(-c2ccc(-c3ccc(-c4cnc([C@@H]5CCCN5C(=O)[C@H](NC(C)=O)c5ccccc5)[nH]4)cn3)cc2)[nH]1)c1ccccc1. The van der Waals surface area contributed by atoms with Gasteiger partial charge < -0.3 is 30.4 Å². The van der Waals surface area contributed by atoms with Gasteiger partial charge in [-0.25, -0.2) is 9.97 Å². The largest absolute Gasteiger partial charge is 0.341 e. The number of nitrogens with zero attached hydrogens (tertiary/aromatic N) is 5. The summed E-state index contributed by atoms with van der Waals surface area (Å²) in [7, 11) is 0. The minimum atomic E-state index is -0.770. The van der Waals surface area contributed by atoms with Crippen molar-refractivity contribution < 1.29 is 19.2 Å². The number of carbonyl (C=O) groups excluding carboxylic acids is 4. The first kappa shape index (κ1) is 38.0. The van der Waals surface area contributed by atoms with Gasteiger partial charge in [-0.2, -0.15) is 0 Å². The van der Waals surface area contributed by atoms with Crippen LogP contribution in [0.5, 0.6) is 0 Å². The van der Waals surface area contributed by atoms with Crippen molar-refractivity contribution in [1.82, 2.24) is 45.4 Å². The van der Waals surface area contributed by atoms with Crippen molar-refractivity contribution >= 4 is 23.6 Å². The number of hydrogen-bond donors (Lipinski definition) is 4. The maximum absolute atomic E-state index is 13.8. The van der Waals surface area contributed by atoms with Crippen molar-refractivity contribution in [2.24, 2.45) is 0 Å². The molecule has 3 aromatic carbocycles. The molecule has 58 heavy (non-hydrogen) atoms. The Hall–Kier alpha value is -6.89. The molecule has 0 spiro atoms. The number of H-pyrrole nitrogens is 2. The van der Waals surface area contributed by atoms with Crippen molar-refractivity contribution in [1.29, 1.82) is 0 Å². The molecule has 0 saturated carbocycles. The molecule has 0 radical (unpaired) electrons. The number of nitrogens with one attached hydrogen (secondary N) is 4. The average Bonchev–Trinajstić information content (AvgIpc) is 4.09. The lowest BCUT2D eigenvalue weighted by atomic mass is 10.0. The predicted molar refractivity (Wildman–Crippen MR) is 218 cm³/mol. The average molecular weight is 776 g/mol. The zero-order chi connectivity index (χ0) is 40.2. The monoisotopic (exact) mass is 775 g/mol. The predicted octanol–water partition coefficient (Wildman–Crippen LogP) is 6.61. The van der Waals surface area contributed by atoms with E-state index in [1.54, 1.807) is 12.4 Å². The Bertz CT molecular complexity index is 2220. The van der Waals surface area contributed by atoms with Crippen LogP contribution in [0.25, 0.3) is 33.8 Å². The highest BCUT2D eigenvalue weighted by atomic mass is 16.2. The summed E-state index contributed by atoms with van der Waals surface area (Å²) in [5.74, 6) is 0.579. The van der Waals surface area contributed by atoms with Crippen LogP contribution >= 0.6 is 0 Å². The molecule has 0 bridgehead atoms. The second-order valence-corrected chi connectivity index (χ2v) is 14.8. The quantitative estimate of drug-likeness (QED) is 0.115. The number of imidazole rings is 2. The Morgan fingerprint density at radius 2 is 1.02 bits per heavy atom. The van der Waals surface area contributed by atoms with Crippen LogP contribution in [0.15, 0.2) is 116 Å². The molecule has 2 fully saturated rings. The van der Waals surface area contributed by atoms with E-state index in [2.05, 4.69) is 25.6 Å². The second-order valence-electron chi connectivity index (χ2n) is 14.8. The first-order chi connectivity index (χ1) is 28.2. The van der Waals surface area contributed by atoms with Gasteiger partial charge in [0.25, 0.3) is 0 Å². The molecule has 13 heteroatoms. The van der Waals surface area contributed by atoms with Crippen molar-refractivity contribution in [2.75, 3.05) is 13.1 Å². The van der Waals surface area contributed by atoms with Gasteiger partial charge in [-0.05, 0) is 54.5 Å². The smallest absolute Gasteiger partial charge is 0.250 e. The first-order valence-corrected chi connectivity index (χ1v) is 19.7. The van der Waals surface area contributed by atoms with Crippen LogP contribution in [-0.4, -0.2) is 71.4 Å². The van der Waals surface area contributed by atoms with Gasteiger partial charge in [-0.3, -0.25) is 24.2 Å². The second kappa shape index (κ2) is 16.7. The van der Waals surface area contributed by atoms with Crippen molar-refractivity contribution in [3.8, 4) is 33.8 Å². The third-order valence-corrected chi connectivity index (χ3v) is 10.9. The van der Waals surface area contributed by atoms with E-state index >= 15 is 0 Å². The molecule has 5 heterocycles. The Labute approximate surface area is 336 Å². The van der Waals surface area contributed by atoms with Gasteiger partial charge in [0, 0.05) is 44.3 Å². The molecule has 0 aliphatic carbocycles. The summed E-state index contributed by atoms with van der Waals surface area (Å²) in [6.45, 7) is 4.01. The van der Waals surface area contributed by atoms with Crippen LogP contribution in [0, 0.1) is 0 Å². The zero-order valence-electron chi connectivity index (χ0n) is 32.4. The van der Waals surface area contributed by atoms with Crippen LogP contribution in [0.1, 0.15) is 86.5 Å². The van der Waals surface area contributed by atoms with Gasteiger partial charge in [-0.15, -0.1) is 0 Å². The molecule has 6 aromatic rings. The Morgan fingerprint density at radius 1 is 0.569 bits per heavy atom. The van der Waals surface area contributed by atoms with Gasteiger partial charge in [0.15, 0.2) is 0 Å². The lowest BCUT2D eigenvalue weighted by Gasteiger charge is -2.28. The number of carbonyl (C=O) groups is 4. The minimum Gasteiger partial charge on any atom is -0.341 e. The third kappa shape index (κ3) is 8.01. The molecule has 2 aliphatic rings. The first-order valence-electron chi connectivity index (χ1n) is 19.7. The maximum Gasteiger partial charge on any atom is 0.250 e. The van der Waals surface area contributed by atoms with Gasteiger partial charge in [0.1, 0.15) is 23.7 Å². The van der Waals surface area contributed by atoms with Crippen LogP contribution in [-0.2, 0) is 19.2 Å². The van der Waals surface area contributed by atoms with E-state index in [1.807, 2.05) is 113 Å². The minimum absolute atomic E-state index is 0.151. The highest BCUT2D eigenvalue weighted by Gasteiger charge is 2.38. The summed E-state index contributed by atoms with van der Waals surface area (Å²) in [6.07, 6.45) is 8.59. The fraction of sp³-hybridized carbons (Fsp3) is 0.267. The van der Waals surface area contributed by atoms with Gasteiger partial charge in [0.2, 0.25) is 23.6 Å². The normalized spacial score (nSPS) is 17.5. The molecule has 4 atom stereocenters. The van der Waals surface area contributed by atoms with E-state index in [0.29, 0.717) is 24.7 Å². The van der Waals surface area contributed by atoms with E-state index in [4.69, 9.17) is 9.97 Å². The van der Waals surface area contributed by atoms with Crippen LogP contribution in [0.2, 0.25) is 0 Å². The van der Waals surface area contributed by atoms with E-state index in [0.717, 1.165) is 70.6 Å². The lowest BCUT2D eigenvalue weighted by Crippen LogP contribution is -2.42. The van der Waals surface area contributed by atoms with Crippen LogP contribution in [0.3, 0.4) is 0 Å². The summed E-state index contributed by atoms with van der Waals surface area (Å²) in [4.78, 5) is 76.4. The molecular weight excluding hydrogens is 731 g/mol. The summed E-state index contributed by atoms with van der Waals surface area (Å²) < 4.78 is 0. The molecule has 2 aliphatic heterocycles. The summed E-state index contributed by atoms with van der Waals surface area (Å²) in [6, 6.07) is 28.7. The Morgan fingerprint density at radius 3 is 1.47 bits per heavy atom. The lowest BCUT2D eigenvalue weighted by molar-refractivity contribution is -0.137. The Balaban J connectivity index is 0.929. The molecule has 13 nitrogen and oxygen atoms in total. The molecular formula is C45H45N9O4. The molecule has 4 amide bonds. The van der Waals surface area contributed by atoms with Crippen molar-refractivity contribution in [3.63, 3.8) is 0 Å². The molecule has 294 valence electrons. The van der Waals surface area contributed by atoms with Gasteiger partial charge in [-0.1, -0.05) is 84.9 Å². The fourth-order valence-corrected chi connectivity index (χ4v) is 8.08. The molecule has 8 rings (SSSR count). The molecule has 3 aromatic heterocycles. The maximum atomic E-state index is 13.8. The zero-order valence-corrected chi connectivity index (χ0v) is 32.4. The highest BCUT2D eigenvalue weighted by Crippen LogP contribution is 2.36. The van der Waals surface area contributed by atoms with Crippen molar-refractivity contribution in [3.05, 3.63) is 138 Å². The van der Waals surface area contributed by atoms with E-state index in [9.17, 15) is 19.2 Å². The number of rotatable bonds is 11. The molecule has 1 unspecified atom stereocenters. The van der Waals surface area contributed by atoms with Crippen LogP contribution in [0.4, 0.5) is 0 Å². The highest BCUT2D eigenvalue weighted by molar-refractivity contribution is 5.89. The number of hydrogen-bond acceptors (Lipinski definition) is 7. The number of aromatic amines is 2. The van der Waals surface area contributed by atoms with Gasteiger partial charge >= 0.3 is 0 Å². The van der Waals surface area contributed by atoms with E-state index in [1.165, 1.54) is 13.8 Å². The van der Waals surface area contributed by atoms with Crippen LogP contribution < -0.4 is 10.6 Å². The topological polar surface area (TPSA) is 169 Å². The fourth-order valence-electron chi connectivity index (χ4n) is 8.08. The van der Waals surface area contributed by atoms with Crippen molar-refractivity contribution in [2.45, 2.75) is 63.7 Å². The number of benzene rings is 3.